The minimum atomic E-state index is -0.152. The van der Waals surface area contributed by atoms with Crippen LogP contribution in [0.3, 0.4) is 0 Å². The van der Waals surface area contributed by atoms with E-state index in [0.29, 0.717) is 36.0 Å². The number of nitrogens with one attached hydrogen (secondary N) is 1. The van der Waals surface area contributed by atoms with Crippen LogP contribution in [0.25, 0.3) is 11.4 Å². The SMILES string of the molecule is COc1ccc(C(=O)NCCc2nc(-c3ccc(C)cc3)no2)cc1. The second-order valence-corrected chi connectivity index (χ2v) is 5.61. The van der Waals surface area contributed by atoms with Gasteiger partial charge in [-0.2, -0.15) is 4.98 Å². The molecule has 3 aromatic rings. The molecule has 6 heteroatoms. The number of carbonyl (C=O) groups is 1. The number of benzene rings is 2. The monoisotopic (exact) mass is 337 g/mol. The summed E-state index contributed by atoms with van der Waals surface area (Å²) in [6, 6.07) is 14.8. The van der Waals surface area contributed by atoms with Crippen LogP contribution < -0.4 is 10.1 Å². The number of nitrogens with zero attached hydrogens (tertiary/aromatic N) is 2. The minimum Gasteiger partial charge on any atom is -0.497 e. The van der Waals surface area contributed by atoms with Crippen LogP contribution in [0.1, 0.15) is 21.8 Å². The molecule has 3 rings (SSSR count). The summed E-state index contributed by atoms with van der Waals surface area (Å²) in [7, 11) is 1.59. The number of hydrogen-bond acceptors (Lipinski definition) is 5. The molecule has 0 atom stereocenters. The maximum Gasteiger partial charge on any atom is 0.251 e. The molecule has 0 aliphatic carbocycles. The van der Waals surface area contributed by atoms with Crippen LogP contribution >= 0.6 is 0 Å². The van der Waals surface area contributed by atoms with Crippen LogP contribution in [0.4, 0.5) is 0 Å². The standard InChI is InChI=1S/C19H19N3O3/c1-13-3-5-14(6-4-13)18-21-17(25-22-18)11-12-20-19(23)15-7-9-16(24-2)10-8-15/h3-10H,11-12H2,1-2H3,(H,20,23). The Bertz CT molecular complexity index is 839. The van der Waals surface area contributed by atoms with Crippen molar-refractivity contribution in [1.29, 1.82) is 0 Å². The maximum atomic E-state index is 12.1. The van der Waals surface area contributed by atoms with Crippen molar-refractivity contribution >= 4 is 5.91 Å². The predicted octanol–water partition coefficient (Wildman–Crippen LogP) is 3.03. The van der Waals surface area contributed by atoms with Crippen molar-refractivity contribution in [2.75, 3.05) is 13.7 Å². The van der Waals surface area contributed by atoms with Crippen molar-refractivity contribution in [3.8, 4) is 17.1 Å². The van der Waals surface area contributed by atoms with Crippen LogP contribution in [-0.2, 0) is 6.42 Å². The van der Waals surface area contributed by atoms with E-state index in [2.05, 4.69) is 15.5 Å². The fourth-order valence-electron chi connectivity index (χ4n) is 2.30. The van der Waals surface area contributed by atoms with Gasteiger partial charge in [0.25, 0.3) is 5.91 Å². The Hall–Kier alpha value is -3.15. The Labute approximate surface area is 145 Å². The first-order chi connectivity index (χ1) is 12.2. The highest BCUT2D eigenvalue weighted by Gasteiger charge is 2.10. The largest absolute Gasteiger partial charge is 0.497 e. The molecule has 2 aromatic carbocycles. The fraction of sp³-hybridized carbons (Fsp3) is 0.211. The van der Waals surface area contributed by atoms with Gasteiger partial charge in [-0.1, -0.05) is 35.0 Å². The number of rotatable bonds is 6. The van der Waals surface area contributed by atoms with Crippen molar-refractivity contribution in [3.63, 3.8) is 0 Å². The Morgan fingerprint density at radius 1 is 1.12 bits per heavy atom. The van der Waals surface area contributed by atoms with Crippen LogP contribution in [0.15, 0.2) is 53.1 Å². The summed E-state index contributed by atoms with van der Waals surface area (Å²) in [4.78, 5) is 16.4. The first kappa shape index (κ1) is 16.7. The number of ether oxygens (including phenoxy) is 1. The van der Waals surface area contributed by atoms with Crippen LogP contribution in [-0.4, -0.2) is 29.7 Å². The molecular weight excluding hydrogens is 318 g/mol. The third-order valence-electron chi connectivity index (χ3n) is 3.75. The Kier molecular flexibility index (Phi) is 5.09. The summed E-state index contributed by atoms with van der Waals surface area (Å²) in [5, 5.41) is 6.81. The third kappa shape index (κ3) is 4.23. The van der Waals surface area contributed by atoms with Gasteiger partial charge in [0.05, 0.1) is 7.11 Å². The number of aromatic nitrogens is 2. The van der Waals surface area contributed by atoms with Crippen molar-refractivity contribution < 1.29 is 14.1 Å². The van der Waals surface area contributed by atoms with Crippen LogP contribution in [0.5, 0.6) is 5.75 Å². The molecule has 0 unspecified atom stereocenters. The Morgan fingerprint density at radius 2 is 1.84 bits per heavy atom. The fourth-order valence-corrected chi connectivity index (χ4v) is 2.30. The van der Waals surface area contributed by atoms with Gasteiger partial charge in [-0.25, -0.2) is 0 Å². The number of amides is 1. The third-order valence-corrected chi connectivity index (χ3v) is 3.75. The molecule has 0 bridgehead atoms. The second kappa shape index (κ2) is 7.61. The van der Waals surface area contributed by atoms with E-state index in [0.717, 1.165) is 5.56 Å². The van der Waals surface area contributed by atoms with E-state index in [1.807, 2.05) is 31.2 Å². The summed E-state index contributed by atoms with van der Waals surface area (Å²) in [5.74, 6) is 1.61. The summed E-state index contributed by atoms with van der Waals surface area (Å²) < 4.78 is 10.3. The lowest BCUT2D eigenvalue weighted by molar-refractivity contribution is 0.0953. The normalized spacial score (nSPS) is 10.5. The van der Waals surface area contributed by atoms with Gasteiger partial charge in [-0.05, 0) is 31.2 Å². The van der Waals surface area contributed by atoms with Gasteiger partial charge < -0.3 is 14.6 Å². The Morgan fingerprint density at radius 3 is 2.52 bits per heavy atom. The summed E-state index contributed by atoms with van der Waals surface area (Å²) >= 11 is 0. The zero-order valence-corrected chi connectivity index (χ0v) is 14.2. The minimum absolute atomic E-state index is 0.152. The lowest BCUT2D eigenvalue weighted by Gasteiger charge is -2.04. The second-order valence-electron chi connectivity index (χ2n) is 5.61. The quantitative estimate of drug-likeness (QED) is 0.748. The average Bonchev–Trinajstić information content (AvgIpc) is 3.11. The van der Waals surface area contributed by atoms with Crippen molar-refractivity contribution in [2.45, 2.75) is 13.3 Å². The number of methoxy groups -OCH3 is 1. The van der Waals surface area contributed by atoms with Crippen molar-refractivity contribution in [1.82, 2.24) is 15.5 Å². The van der Waals surface area contributed by atoms with E-state index in [-0.39, 0.29) is 5.91 Å². The molecule has 25 heavy (non-hydrogen) atoms. The predicted molar refractivity (Wildman–Crippen MR) is 93.5 cm³/mol. The van der Waals surface area contributed by atoms with E-state index in [1.54, 1.807) is 31.4 Å². The van der Waals surface area contributed by atoms with E-state index in [1.165, 1.54) is 5.56 Å². The number of aryl methyl sites for hydroxylation is 1. The summed E-state index contributed by atoms with van der Waals surface area (Å²) in [5.41, 5.74) is 2.66. The number of carbonyl (C=O) groups excluding carboxylic acids is 1. The van der Waals surface area contributed by atoms with E-state index < -0.39 is 0 Å². The molecule has 0 saturated heterocycles. The highest BCUT2D eigenvalue weighted by Crippen LogP contribution is 2.16. The van der Waals surface area contributed by atoms with Gasteiger partial charge in [-0.15, -0.1) is 0 Å². The molecule has 1 aromatic heterocycles. The van der Waals surface area contributed by atoms with Gasteiger partial charge in [0.2, 0.25) is 11.7 Å². The van der Waals surface area contributed by atoms with Gasteiger partial charge >= 0.3 is 0 Å². The first-order valence-electron chi connectivity index (χ1n) is 7.97. The molecule has 1 amide bonds. The maximum absolute atomic E-state index is 12.1. The molecule has 0 saturated carbocycles. The lowest BCUT2D eigenvalue weighted by atomic mass is 10.1. The first-order valence-corrected chi connectivity index (χ1v) is 7.97. The molecule has 0 aliphatic rings. The molecular formula is C19H19N3O3. The molecule has 1 N–H and O–H groups in total. The summed E-state index contributed by atoms with van der Waals surface area (Å²) in [6.07, 6.45) is 0.473. The smallest absolute Gasteiger partial charge is 0.251 e. The lowest BCUT2D eigenvalue weighted by Crippen LogP contribution is -2.25. The summed E-state index contributed by atoms with van der Waals surface area (Å²) in [6.45, 7) is 2.44. The Balaban J connectivity index is 1.53. The molecule has 0 fully saturated rings. The van der Waals surface area contributed by atoms with Crippen LogP contribution in [0.2, 0.25) is 0 Å². The number of hydrogen-bond donors (Lipinski definition) is 1. The highest BCUT2D eigenvalue weighted by atomic mass is 16.5. The molecule has 0 aliphatic heterocycles. The molecule has 0 radical (unpaired) electrons. The molecule has 1 heterocycles. The highest BCUT2D eigenvalue weighted by molar-refractivity contribution is 5.94. The van der Waals surface area contributed by atoms with Gasteiger partial charge in [0.15, 0.2) is 0 Å². The zero-order valence-electron chi connectivity index (χ0n) is 14.2. The molecule has 128 valence electrons. The molecule has 6 nitrogen and oxygen atoms in total. The van der Waals surface area contributed by atoms with E-state index in [9.17, 15) is 4.79 Å². The zero-order chi connectivity index (χ0) is 17.6. The van der Waals surface area contributed by atoms with Gasteiger partial charge in [0, 0.05) is 24.1 Å². The molecule has 0 spiro atoms. The van der Waals surface area contributed by atoms with Crippen molar-refractivity contribution in [2.24, 2.45) is 0 Å². The van der Waals surface area contributed by atoms with E-state index in [4.69, 9.17) is 9.26 Å². The van der Waals surface area contributed by atoms with E-state index >= 15 is 0 Å². The average molecular weight is 337 g/mol. The topological polar surface area (TPSA) is 77.2 Å². The van der Waals surface area contributed by atoms with Crippen LogP contribution in [0, 0.1) is 6.92 Å². The van der Waals surface area contributed by atoms with Gasteiger partial charge in [0.1, 0.15) is 5.75 Å². The van der Waals surface area contributed by atoms with Crippen molar-refractivity contribution in [3.05, 3.63) is 65.5 Å². The van der Waals surface area contributed by atoms with Gasteiger partial charge in [-0.3, -0.25) is 4.79 Å².